The molecule has 3 aromatic carbocycles. The molecular weight excluding hydrogens is 540 g/mol. The van der Waals surface area contributed by atoms with Crippen molar-refractivity contribution in [2.24, 2.45) is 5.11 Å². The Morgan fingerprint density at radius 3 is 1.85 bits per heavy atom. The number of hydrogen-bond acceptors (Lipinski definition) is 7. The maximum Gasteiger partial charge on any atom is 0.261 e. The van der Waals surface area contributed by atoms with E-state index in [1.54, 1.807) is 12.1 Å². The number of aliphatic hydroxyl groups excluding tert-OH is 2. The quantitative estimate of drug-likeness (QED) is 0.124. The van der Waals surface area contributed by atoms with Crippen molar-refractivity contribution in [3.63, 3.8) is 0 Å². The van der Waals surface area contributed by atoms with Gasteiger partial charge in [-0.2, -0.15) is 0 Å². The minimum absolute atomic E-state index is 0.161. The largest absolute Gasteiger partial charge is 0.424 e. The molecule has 0 bridgehead atoms. The summed E-state index contributed by atoms with van der Waals surface area (Å²) in [5, 5.41) is 27.1. The van der Waals surface area contributed by atoms with Crippen LogP contribution in [0.25, 0.3) is 10.4 Å². The summed E-state index contributed by atoms with van der Waals surface area (Å²) in [6, 6.07) is 23.8. The molecule has 2 unspecified atom stereocenters. The number of carbonyl (C=O) groups is 2. The van der Waals surface area contributed by atoms with Crippen molar-refractivity contribution in [3.8, 4) is 0 Å². The third-order valence-corrected chi connectivity index (χ3v) is 12.9. The Kier molecular flexibility index (Phi) is 7.84. The summed E-state index contributed by atoms with van der Waals surface area (Å²) in [5.74, 6) is -1.32. The molecular formula is C30H32N4O6Si. The lowest BCUT2D eigenvalue weighted by Crippen LogP contribution is -2.66. The second kappa shape index (κ2) is 11.2. The van der Waals surface area contributed by atoms with Crippen molar-refractivity contribution in [2.45, 2.75) is 62.3 Å². The average Bonchev–Trinajstić information content (AvgIpc) is 3.24. The average molecular weight is 573 g/mol. The summed E-state index contributed by atoms with van der Waals surface area (Å²) in [6.07, 6.45) is -4.95. The van der Waals surface area contributed by atoms with E-state index >= 15 is 0 Å². The molecule has 0 radical (unpaired) electrons. The van der Waals surface area contributed by atoms with E-state index in [0.717, 1.165) is 15.3 Å². The van der Waals surface area contributed by atoms with E-state index in [9.17, 15) is 30.1 Å². The third kappa shape index (κ3) is 4.86. The Labute approximate surface area is 238 Å². The van der Waals surface area contributed by atoms with Crippen LogP contribution in [0.2, 0.25) is 5.04 Å². The highest BCUT2D eigenvalue weighted by Crippen LogP contribution is 2.42. The molecule has 1 saturated heterocycles. The molecule has 0 spiro atoms. The summed E-state index contributed by atoms with van der Waals surface area (Å²) in [5.41, 5.74) is 9.58. The van der Waals surface area contributed by atoms with E-state index in [4.69, 9.17) is 4.74 Å². The van der Waals surface area contributed by atoms with Crippen LogP contribution in [0.15, 0.2) is 90.0 Å². The van der Waals surface area contributed by atoms with Crippen LogP contribution in [-0.2, 0) is 4.74 Å². The van der Waals surface area contributed by atoms with Crippen LogP contribution >= 0.6 is 0 Å². The summed E-state index contributed by atoms with van der Waals surface area (Å²) >= 11 is 0. The van der Waals surface area contributed by atoms with Crippen molar-refractivity contribution >= 4 is 30.5 Å². The Bertz CT molecular complexity index is 1410. The number of ether oxygens (including phenoxy) is 1. The molecule has 2 aliphatic heterocycles. The van der Waals surface area contributed by atoms with Crippen LogP contribution in [-0.4, -0.2) is 70.6 Å². The van der Waals surface area contributed by atoms with Crippen molar-refractivity contribution < 1.29 is 29.3 Å². The summed E-state index contributed by atoms with van der Waals surface area (Å²) < 4.78 is 6.01. The maximum absolute atomic E-state index is 13.1. The van der Waals surface area contributed by atoms with Gasteiger partial charge in [-0.05, 0) is 45.9 Å². The Morgan fingerprint density at radius 1 is 0.878 bits per heavy atom. The predicted molar refractivity (Wildman–Crippen MR) is 154 cm³/mol. The molecule has 2 heterocycles. The van der Waals surface area contributed by atoms with Crippen LogP contribution in [0, 0.1) is 0 Å². The molecule has 2 amide bonds. The van der Waals surface area contributed by atoms with Gasteiger partial charge in [0.15, 0.2) is 6.23 Å². The number of carbonyl (C=O) groups excluding carboxylic acids is 2. The third-order valence-electron chi connectivity index (χ3n) is 8.39. The highest BCUT2D eigenvalue weighted by molar-refractivity contribution is 6.98. The van der Waals surface area contributed by atoms with Gasteiger partial charge in [0.2, 0.25) is 0 Å². The molecule has 0 saturated carbocycles. The number of azide groups is 1. The van der Waals surface area contributed by atoms with Crippen LogP contribution in [0.4, 0.5) is 0 Å². The van der Waals surface area contributed by atoms with Gasteiger partial charge in [0, 0.05) is 4.91 Å². The van der Waals surface area contributed by atoms with Crippen LogP contribution in [0.1, 0.15) is 47.4 Å². The van der Waals surface area contributed by atoms with Crippen LogP contribution in [0.5, 0.6) is 0 Å². The monoisotopic (exact) mass is 572 g/mol. The van der Waals surface area contributed by atoms with E-state index in [2.05, 4.69) is 10.0 Å². The van der Waals surface area contributed by atoms with Gasteiger partial charge in [-0.1, -0.05) is 91.8 Å². The highest BCUT2D eigenvalue weighted by Gasteiger charge is 2.54. The fourth-order valence-electron chi connectivity index (χ4n) is 6.07. The zero-order valence-corrected chi connectivity index (χ0v) is 23.7. The molecule has 10 nitrogen and oxygen atoms in total. The van der Waals surface area contributed by atoms with Crippen molar-refractivity contribution in [1.29, 1.82) is 0 Å². The van der Waals surface area contributed by atoms with Gasteiger partial charge in [0.05, 0.1) is 17.2 Å². The number of aliphatic hydroxyl groups is 2. The summed E-state index contributed by atoms with van der Waals surface area (Å²) in [6.45, 7) is 3.94. The van der Waals surface area contributed by atoms with E-state index in [0.29, 0.717) is 6.42 Å². The number of fused-ring (bicyclic) bond motifs is 1. The van der Waals surface area contributed by atoms with Gasteiger partial charge in [-0.15, -0.1) is 0 Å². The topological polar surface area (TPSA) is 156 Å². The van der Waals surface area contributed by atoms with E-state index < -0.39 is 55.8 Å². The van der Waals surface area contributed by atoms with Gasteiger partial charge in [-0.25, -0.2) is 0 Å². The molecule has 41 heavy (non-hydrogen) atoms. The molecule has 0 aromatic heterocycles. The molecule has 2 aliphatic rings. The minimum atomic E-state index is -3.35. The molecule has 0 aliphatic carbocycles. The SMILES string of the molecule is CC(C)(CCC1O[C@@H](N=[N+]=[N-])[C@@H](N2C(=O)c3ccccc3C2=O)C(O)[C@@H]1O)[Si](O)(c1ccccc1)c1ccccc1. The number of imide groups is 1. The number of amides is 2. The first kappa shape index (κ1) is 28.7. The normalized spacial score (nSPS) is 24.6. The molecule has 1 fully saturated rings. The van der Waals surface area contributed by atoms with E-state index in [-0.39, 0.29) is 17.5 Å². The smallest absolute Gasteiger partial charge is 0.261 e. The number of rotatable bonds is 8. The minimum Gasteiger partial charge on any atom is -0.424 e. The highest BCUT2D eigenvalue weighted by atomic mass is 28.4. The first-order valence-corrected chi connectivity index (χ1v) is 15.4. The lowest BCUT2D eigenvalue weighted by molar-refractivity contribution is -0.195. The van der Waals surface area contributed by atoms with Crippen LogP contribution in [0.3, 0.4) is 0 Å². The van der Waals surface area contributed by atoms with Crippen molar-refractivity contribution in [3.05, 3.63) is 106 Å². The molecule has 5 rings (SSSR count). The summed E-state index contributed by atoms with van der Waals surface area (Å²) in [7, 11) is -3.35. The Balaban J connectivity index is 1.41. The fourth-order valence-corrected chi connectivity index (χ4v) is 9.82. The molecule has 3 aromatic rings. The van der Waals surface area contributed by atoms with E-state index in [1.165, 1.54) is 12.1 Å². The van der Waals surface area contributed by atoms with Gasteiger partial charge >= 0.3 is 0 Å². The van der Waals surface area contributed by atoms with Gasteiger partial charge in [0.1, 0.15) is 18.2 Å². The summed E-state index contributed by atoms with van der Waals surface area (Å²) in [4.78, 5) is 42.3. The second-order valence-electron chi connectivity index (χ2n) is 11.1. The van der Waals surface area contributed by atoms with Gasteiger partial charge < -0.3 is 19.7 Å². The van der Waals surface area contributed by atoms with Crippen LogP contribution < -0.4 is 10.4 Å². The second-order valence-corrected chi connectivity index (χ2v) is 15.1. The first-order chi connectivity index (χ1) is 19.6. The Hall–Kier alpha value is -3.83. The molecule has 212 valence electrons. The zero-order chi connectivity index (χ0) is 29.4. The molecule has 5 atom stereocenters. The van der Waals surface area contributed by atoms with Crippen molar-refractivity contribution in [1.82, 2.24) is 4.90 Å². The lowest BCUT2D eigenvalue weighted by atomic mass is 9.90. The zero-order valence-electron chi connectivity index (χ0n) is 22.7. The standard InChI is InChI=1S/C30H32N4O6Si/c1-30(2,41(39,19-11-5-3-6-12-19)20-13-7-4-8-14-20)18-17-23-25(35)26(36)24(27(40-23)32-33-31)34-28(37)21-15-9-10-16-22(21)29(34)38/h3-16,23-27,35-36,39H,17-18H2,1-2H3/t23?,24-,25+,26?,27+/m0/s1. The number of nitrogens with zero attached hydrogens (tertiary/aromatic N) is 4. The van der Waals surface area contributed by atoms with E-state index in [1.807, 2.05) is 74.5 Å². The molecule has 11 heteroatoms. The van der Waals surface area contributed by atoms with Gasteiger partial charge in [-0.3, -0.25) is 14.5 Å². The fraction of sp³-hybridized carbons (Fsp3) is 0.333. The Morgan fingerprint density at radius 2 is 1.37 bits per heavy atom. The predicted octanol–water partition coefficient (Wildman–Crippen LogP) is 2.72. The number of benzene rings is 3. The lowest BCUT2D eigenvalue weighted by Gasteiger charge is -2.46. The maximum atomic E-state index is 13.1. The van der Waals surface area contributed by atoms with Gasteiger partial charge in [0.25, 0.3) is 20.1 Å². The first-order valence-electron chi connectivity index (χ1n) is 13.5. The molecule has 3 N–H and O–H groups in total. The number of hydrogen-bond donors (Lipinski definition) is 3. The van der Waals surface area contributed by atoms with Crippen molar-refractivity contribution in [2.75, 3.05) is 0 Å².